The predicted molar refractivity (Wildman–Crippen MR) is 60.4 cm³/mol. The second-order valence-electron chi connectivity index (χ2n) is 4.52. The van der Waals surface area contributed by atoms with Gasteiger partial charge in [0.2, 0.25) is 0 Å². The van der Waals surface area contributed by atoms with Gasteiger partial charge in [0.05, 0.1) is 11.2 Å². The van der Waals surface area contributed by atoms with Gasteiger partial charge >= 0.3 is 6.09 Å². The van der Waals surface area contributed by atoms with E-state index >= 15 is 0 Å². The molecule has 2 aliphatic heterocycles. The molecule has 1 aromatic rings. The van der Waals surface area contributed by atoms with E-state index in [1.807, 2.05) is 0 Å². The van der Waals surface area contributed by atoms with Gasteiger partial charge in [-0.1, -0.05) is 6.07 Å². The Labute approximate surface area is 98.4 Å². The average Bonchev–Trinajstić information content (AvgIpc) is 2.88. The van der Waals surface area contributed by atoms with Gasteiger partial charge in [-0.3, -0.25) is 4.90 Å². The number of carbonyl (C=O) groups is 1. The maximum Gasteiger partial charge on any atom is 0.415 e. The number of carbonyl (C=O) groups excluding carboxylic acids is 1. The van der Waals surface area contributed by atoms with Crippen LogP contribution in [0.5, 0.6) is 0 Å². The maximum absolute atomic E-state index is 13.2. The molecule has 0 aromatic heterocycles. The summed E-state index contributed by atoms with van der Waals surface area (Å²) in [5, 5.41) is 3.22. The summed E-state index contributed by atoms with van der Waals surface area (Å²) >= 11 is 0. The first-order valence-corrected chi connectivity index (χ1v) is 5.65. The molecule has 17 heavy (non-hydrogen) atoms. The summed E-state index contributed by atoms with van der Waals surface area (Å²) in [6.45, 7) is 1.91. The van der Waals surface area contributed by atoms with Crippen molar-refractivity contribution in [2.75, 3.05) is 24.6 Å². The molecule has 0 bridgehead atoms. The van der Waals surface area contributed by atoms with Crippen molar-refractivity contribution in [3.8, 4) is 0 Å². The Balaban J connectivity index is 2.01. The number of benzene rings is 1. The second kappa shape index (κ2) is 3.70. The fourth-order valence-corrected chi connectivity index (χ4v) is 2.56. The number of halogens is 1. The first-order valence-electron chi connectivity index (χ1n) is 5.65. The van der Waals surface area contributed by atoms with Crippen LogP contribution in [0.15, 0.2) is 24.3 Å². The molecule has 3 rings (SSSR count). The zero-order valence-corrected chi connectivity index (χ0v) is 9.28. The molecule has 2 fully saturated rings. The van der Waals surface area contributed by atoms with Crippen molar-refractivity contribution in [3.63, 3.8) is 0 Å². The summed E-state index contributed by atoms with van der Waals surface area (Å²) in [5.41, 5.74) is 0.224. The molecular weight excluding hydrogens is 223 g/mol. The number of nitrogens with zero attached hydrogens (tertiary/aromatic N) is 1. The van der Waals surface area contributed by atoms with Crippen LogP contribution in [0.25, 0.3) is 0 Å². The molecule has 4 nitrogen and oxygen atoms in total. The van der Waals surface area contributed by atoms with Crippen LogP contribution in [0.3, 0.4) is 0 Å². The van der Waals surface area contributed by atoms with E-state index < -0.39 is 0 Å². The summed E-state index contributed by atoms with van der Waals surface area (Å²) in [4.78, 5) is 13.4. The molecule has 1 atom stereocenters. The van der Waals surface area contributed by atoms with Crippen LogP contribution in [-0.2, 0) is 4.74 Å². The highest BCUT2D eigenvalue weighted by molar-refractivity contribution is 5.91. The smallest absolute Gasteiger partial charge is 0.415 e. The van der Waals surface area contributed by atoms with Crippen molar-refractivity contribution >= 4 is 11.8 Å². The fraction of sp³-hybridized carbons (Fsp3) is 0.417. The molecule has 1 N–H and O–H groups in total. The van der Waals surface area contributed by atoms with E-state index in [0.717, 1.165) is 13.0 Å². The lowest BCUT2D eigenvalue weighted by atomic mass is 9.98. The monoisotopic (exact) mass is 236 g/mol. The van der Waals surface area contributed by atoms with Crippen LogP contribution in [-0.4, -0.2) is 31.3 Å². The minimum absolute atomic E-state index is 0.342. The van der Waals surface area contributed by atoms with Crippen molar-refractivity contribution in [2.24, 2.45) is 0 Å². The Bertz CT molecular complexity index is 458. The normalized spacial score (nSPS) is 27.8. The molecule has 5 heteroatoms. The van der Waals surface area contributed by atoms with Gasteiger partial charge in [0.1, 0.15) is 12.4 Å². The summed E-state index contributed by atoms with van der Waals surface area (Å²) in [6.07, 6.45) is 0.439. The lowest BCUT2D eigenvalue weighted by molar-refractivity contribution is 0.174. The zero-order chi connectivity index (χ0) is 11.9. The highest BCUT2D eigenvalue weighted by Gasteiger charge is 2.50. The first kappa shape index (κ1) is 10.5. The van der Waals surface area contributed by atoms with Crippen LogP contribution < -0.4 is 10.2 Å². The topological polar surface area (TPSA) is 41.6 Å². The quantitative estimate of drug-likeness (QED) is 0.803. The van der Waals surface area contributed by atoms with Gasteiger partial charge in [0.25, 0.3) is 0 Å². The van der Waals surface area contributed by atoms with E-state index in [4.69, 9.17) is 4.74 Å². The molecule has 2 aliphatic rings. The number of hydrogen-bond donors (Lipinski definition) is 1. The van der Waals surface area contributed by atoms with Crippen molar-refractivity contribution in [1.29, 1.82) is 0 Å². The third kappa shape index (κ3) is 1.58. The molecule has 2 heterocycles. The largest absolute Gasteiger partial charge is 0.447 e. The number of nitrogens with one attached hydrogen (secondary N) is 1. The Morgan fingerprint density at radius 2 is 2.35 bits per heavy atom. The second-order valence-corrected chi connectivity index (χ2v) is 4.52. The standard InChI is InChI=1S/C12H13FN2O2/c13-9-2-1-3-10(6-9)15-11(16)17-8-12(15)4-5-14-7-12/h1-3,6,14H,4-5,7-8H2. The lowest BCUT2D eigenvalue weighted by Gasteiger charge is -2.30. The number of cyclic esters (lactones) is 1. The van der Waals surface area contributed by atoms with E-state index in [2.05, 4.69) is 5.32 Å². The molecule has 1 unspecified atom stereocenters. The Morgan fingerprint density at radius 1 is 1.47 bits per heavy atom. The van der Waals surface area contributed by atoms with E-state index in [9.17, 15) is 9.18 Å². The lowest BCUT2D eigenvalue weighted by Crippen LogP contribution is -2.49. The zero-order valence-electron chi connectivity index (χ0n) is 9.28. The van der Waals surface area contributed by atoms with Gasteiger partial charge in [-0.25, -0.2) is 9.18 Å². The maximum atomic E-state index is 13.2. The number of amides is 1. The average molecular weight is 236 g/mol. The molecule has 90 valence electrons. The Morgan fingerprint density at radius 3 is 3.06 bits per heavy atom. The van der Waals surface area contributed by atoms with E-state index in [-0.39, 0.29) is 17.4 Å². The number of rotatable bonds is 1. The van der Waals surface area contributed by atoms with Crippen molar-refractivity contribution in [3.05, 3.63) is 30.1 Å². The molecule has 2 saturated heterocycles. The van der Waals surface area contributed by atoms with Crippen LogP contribution in [0.1, 0.15) is 6.42 Å². The number of ether oxygens (including phenoxy) is 1. The molecular formula is C12H13FN2O2. The van der Waals surface area contributed by atoms with E-state index in [0.29, 0.717) is 18.8 Å². The Kier molecular flexibility index (Phi) is 2.29. The van der Waals surface area contributed by atoms with Crippen molar-refractivity contribution in [2.45, 2.75) is 12.0 Å². The minimum Gasteiger partial charge on any atom is -0.447 e. The van der Waals surface area contributed by atoms with Crippen LogP contribution in [0.4, 0.5) is 14.9 Å². The molecule has 0 saturated carbocycles. The van der Waals surface area contributed by atoms with Crippen LogP contribution in [0, 0.1) is 5.82 Å². The van der Waals surface area contributed by atoms with Gasteiger partial charge in [0, 0.05) is 6.54 Å². The molecule has 1 aromatic carbocycles. The summed E-state index contributed by atoms with van der Waals surface area (Å²) < 4.78 is 18.4. The fourth-order valence-electron chi connectivity index (χ4n) is 2.56. The number of anilines is 1. The summed E-state index contributed by atoms with van der Waals surface area (Å²) in [5.74, 6) is -0.344. The summed E-state index contributed by atoms with van der Waals surface area (Å²) in [7, 11) is 0. The van der Waals surface area contributed by atoms with Crippen molar-refractivity contribution in [1.82, 2.24) is 5.32 Å². The molecule has 0 aliphatic carbocycles. The van der Waals surface area contributed by atoms with Gasteiger partial charge < -0.3 is 10.1 Å². The molecule has 1 amide bonds. The van der Waals surface area contributed by atoms with Gasteiger partial charge in [-0.05, 0) is 31.2 Å². The third-order valence-corrected chi connectivity index (χ3v) is 3.41. The third-order valence-electron chi connectivity index (χ3n) is 3.41. The van der Waals surface area contributed by atoms with Gasteiger partial charge in [-0.15, -0.1) is 0 Å². The van der Waals surface area contributed by atoms with Crippen LogP contribution in [0.2, 0.25) is 0 Å². The Hall–Kier alpha value is -1.62. The summed E-state index contributed by atoms with van der Waals surface area (Å²) in [6, 6.07) is 6.07. The van der Waals surface area contributed by atoms with Crippen molar-refractivity contribution < 1.29 is 13.9 Å². The van der Waals surface area contributed by atoms with Gasteiger partial charge in [0.15, 0.2) is 0 Å². The SMILES string of the molecule is O=C1OCC2(CCNC2)N1c1cccc(F)c1. The highest BCUT2D eigenvalue weighted by atomic mass is 19.1. The predicted octanol–water partition coefficient (Wildman–Crippen LogP) is 1.51. The number of hydrogen-bond acceptors (Lipinski definition) is 3. The minimum atomic E-state index is -0.390. The highest BCUT2D eigenvalue weighted by Crippen LogP contribution is 2.35. The first-order chi connectivity index (χ1) is 8.21. The van der Waals surface area contributed by atoms with E-state index in [1.165, 1.54) is 12.1 Å². The van der Waals surface area contributed by atoms with E-state index in [1.54, 1.807) is 17.0 Å². The van der Waals surface area contributed by atoms with Gasteiger partial charge in [-0.2, -0.15) is 0 Å². The molecule has 0 radical (unpaired) electrons. The van der Waals surface area contributed by atoms with Crippen LogP contribution >= 0.6 is 0 Å². The molecule has 1 spiro atoms.